The lowest BCUT2D eigenvalue weighted by molar-refractivity contribution is 0.401. The van der Waals surface area contributed by atoms with Crippen LogP contribution in [0.4, 0.5) is 10.1 Å². The van der Waals surface area contributed by atoms with Gasteiger partial charge in [-0.1, -0.05) is 0 Å². The number of anilines is 1. The van der Waals surface area contributed by atoms with Crippen molar-refractivity contribution in [2.45, 2.75) is 4.90 Å². The fraction of sp³-hybridized carbons (Fsp3) is 0.0476. The zero-order chi connectivity index (χ0) is 21.8. The van der Waals surface area contributed by atoms with Crippen LogP contribution in [0.2, 0.25) is 0 Å². The molecule has 2 aromatic carbocycles. The van der Waals surface area contributed by atoms with E-state index >= 15 is 0 Å². The second kappa shape index (κ2) is 8.44. The first kappa shape index (κ1) is 20.4. The average Bonchev–Trinajstić information content (AvgIpc) is 3.30. The van der Waals surface area contributed by atoms with Crippen LogP contribution >= 0.6 is 0 Å². The maximum absolute atomic E-state index is 13.6. The minimum absolute atomic E-state index is 0.0381. The van der Waals surface area contributed by atoms with Crippen LogP contribution in [0.5, 0.6) is 17.4 Å². The number of rotatable bonds is 7. The van der Waals surface area contributed by atoms with Gasteiger partial charge in [-0.15, -0.1) is 0 Å². The van der Waals surface area contributed by atoms with E-state index in [4.69, 9.17) is 9.47 Å². The Morgan fingerprint density at radius 3 is 2.45 bits per heavy atom. The van der Waals surface area contributed by atoms with E-state index in [-0.39, 0.29) is 16.3 Å². The lowest BCUT2D eigenvalue weighted by Crippen LogP contribution is -2.14. The van der Waals surface area contributed by atoms with Gasteiger partial charge >= 0.3 is 0 Å². The third-order valence-electron chi connectivity index (χ3n) is 4.24. The molecule has 0 saturated heterocycles. The minimum Gasteiger partial charge on any atom is -0.495 e. The van der Waals surface area contributed by atoms with Gasteiger partial charge in [-0.2, -0.15) is 0 Å². The Morgan fingerprint density at radius 1 is 1.00 bits per heavy atom. The molecule has 2 aromatic heterocycles. The minimum atomic E-state index is -4.06. The van der Waals surface area contributed by atoms with Crippen molar-refractivity contribution in [3.8, 4) is 23.2 Å². The van der Waals surface area contributed by atoms with Gasteiger partial charge in [-0.05, 0) is 54.6 Å². The first-order valence-electron chi connectivity index (χ1n) is 9.04. The normalized spacial score (nSPS) is 11.2. The summed E-state index contributed by atoms with van der Waals surface area (Å²) < 4.78 is 53.8. The average molecular weight is 440 g/mol. The zero-order valence-electron chi connectivity index (χ0n) is 16.3. The number of nitrogens with zero attached hydrogens (tertiary/aromatic N) is 3. The van der Waals surface area contributed by atoms with Crippen molar-refractivity contribution in [3.63, 3.8) is 0 Å². The number of aromatic nitrogens is 3. The SMILES string of the molecule is COc1ccc(F)cc1S(=O)(=O)Nc1ccc(Oc2cc(-n3cccc3)ncn2)cc1. The molecule has 0 atom stereocenters. The van der Waals surface area contributed by atoms with Crippen LogP contribution in [0.25, 0.3) is 5.82 Å². The fourth-order valence-corrected chi connectivity index (χ4v) is 4.04. The van der Waals surface area contributed by atoms with Crippen molar-refractivity contribution in [2.24, 2.45) is 0 Å². The monoisotopic (exact) mass is 440 g/mol. The summed E-state index contributed by atoms with van der Waals surface area (Å²) in [5.41, 5.74) is 0.273. The molecule has 4 rings (SSSR count). The summed E-state index contributed by atoms with van der Waals surface area (Å²) in [6, 6.07) is 14.9. The van der Waals surface area contributed by atoms with E-state index in [1.54, 1.807) is 18.2 Å². The molecule has 0 aliphatic carbocycles. The molecule has 31 heavy (non-hydrogen) atoms. The van der Waals surface area contributed by atoms with Crippen LogP contribution < -0.4 is 14.2 Å². The molecule has 10 heteroatoms. The van der Waals surface area contributed by atoms with E-state index in [2.05, 4.69) is 14.7 Å². The molecule has 0 radical (unpaired) electrons. The third kappa shape index (κ3) is 4.64. The summed E-state index contributed by atoms with van der Waals surface area (Å²) in [4.78, 5) is 7.97. The van der Waals surface area contributed by atoms with Crippen LogP contribution in [0, 0.1) is 5.82 Å². The van der Waals surface area contributed by atoms with Gasteiger partial charge in [-0.25, -0.2) is 22.8 Å². The fourth-order valence-electron chi connectivity index (χ4n) is 2.80. The lowest BCUT2D eigenvalue weighted by Gasteiger charge is -2.12. The van der Waals surface area contributed by atoms with Crippen LogP contribution in [0.15, 0.2) is 84.3 Å². The Hall–Kier alpha value is -3.92. The first-order chi connectivity index (χ1) is 14.9. The number of ether oxygens (including phenoxy) is 2. The highest BCUT2D eigenvalue weighted by Gasteiger charge is 2.20. The number of hydrogen-bond acceptors (Lipinski definition) is 6. The van der Waals surface area contributed by atoms with E-state index in [0.717, 1.165) is 12.1 Å². The Labute approximate surface area is 178 Å². The van der Waals surface area contributed by atoms with Gasteiger partial charge in [-0.3, -0.25) is 4.72 Å². The largest absolute Gasteiger partial charge is 0.495 e. The second-order valence-corrected chi connectivity index (χ2v) is 7.98. The maximum atomic E-state index is 13.6. The predicted molar refractivity (Wildman–Crippen MR) is 112 cm³/mol. The van der Waals surface area contributed by atoms with Gasteiger partial charge in [0.15, 0.2) is 0 Å². The Balaban J connectivity index is 1.50. The second-order valence-electron chi connectivity index (χ2n) is 6.33. The maximum Gasteiger partial charge on any atom is 0.265 e. The molecule has 1 N–H and O–H groups in total. The Bertz CT molecular complexity index is 1290. The smallest absolute Gasteiger partial charge is 0.265 e. The number of nitrogens with one attached hydrogen (secondary N) is 1. The van der Waals surface area contributed by atoms with Crippen LogP contribution in [-0.2, 0) is 10.0 Å². The zero-order valence-corrected chi connectivity index (χ0v) is 17.1. The van der Waals surface area contributed by atoms with Gasteiger partial charge in [0.2, 0.25) is 5.88 Å². The van der Waals surface area contributed by atoms with E-state index in [1.165, 1.54) is 31.6 Å². The third-order valence-corrected chi connectivity index (χ3v) is 5.64. The molecule has 0 spiro atoms. The van der Waals surface area contributed by atoms with Crippen molar-refractivity contribution in [1.82, 2.24) is 14.5 Å². The molecular weight excluding hydrogens is 423 g/mol. The van der Waals surface area contributed by atoms with E-state index in [1.807, 2.05) is 29.1 Å². The number of sulfonamides is 1. The molecule has 0 amide bonds. The molecule has 0 saturated carbocycles. The molecular formula is C21H17FN4O4S. The summed E-state index contributed by atoms with van der Waals surface area (Å²) in [6.07, 6.45) is 5.08. The molecule has 0 fully saturated rings. The van der Waals surface area contributed by atoms with Gasteiger partial charge in [0.25, 0.3) is 10.0 Å². The predicted octanol–water partition coefficient (Wildman–Crippen LogP) is 4.01. The lowest BCUT2D eigenvalue weighted by atomic mass is 10.3. The highest BCUT2D eigenvalue weighted by molar-refractivity contribution is 7.92. The first-order valence-corrected chi connectivity index (χ1v) is 10.5. The number of methoxy groups -OCH3 is 1. The standard InChI is InChI=1S/C21H17FN4O4S/c1-29-18-9-4-15(22)12-19(18)31(27,28)25-16-5-7-17(8-6-16)30-21-13-20(23-14-24-21)26-10-2-3-11-26/h2-14,25H,1H3. The highest BCUT2D eigenvalue weighted by Crippen LogP contribution is 2.28. The van der Waals surface area contributed by atoms with E-state index in [0.29, 0.717) is 17.4 Å². The summed E-state index contributed by atoms with van der Waals surface area (Å²) >= 11 is 0. The molecule has 8 nitrogen and oxygen atoms in total. The Kier molecular flexibility index (Phi) is 5.54. The Morgan fingerprint density at radius 2 is 1.74 bits per heavy atom. The molecule has 0 aliphatic rings. The molecule has 2 heterocycles. The summed E-state index contributed by atoms with van der Waals surface area (Å²) in [6.45, 7) is 0. The summed E-state index contributed by atoms with van der Waals surface area (Å²) in [5.74, 6) is 0.772. The van der Waals surface area contributed by atoms with Gasteiger partial charge < -0.3 is 14.0 Å². The molecule has 0 aliphatic heterocycles. The number of benzene rings is 2. The van der Waals surface area contributed by atoms with Gasteiger partial charge in [0.05, 0.1) is 7.11 Å². The molecule has 0 unspecified atom stereocenters. The van der Waals surface area contributed by atoms with Crippen molar-refractivity contribution in [3.05, 3.63) is 85.2 Å². The molecule has 0 bridgehead atoms. The number of hydrogen-bond donors (Lipinski definition) is 1. The van der Waals surface area contributed by atoms with Gasteiger partial charge in [0.1, 0.15) is 34.4 Å². The van der Waals surface area contributed by atoms with Crippen LogP contribution in [0.3, 0.4) is 0 Å². The topological polar surface area (TPSA) is 95.3 Å². The summed E-state index contributed by atoms with van der Waals surface area (Å²) in [5, 5.41) is 0. The van der Waals surface area contributed by atoms with Crippen LogP contribution in [0.1, 0.15) is 0 Å². The highest BCUT2D eigenvalue weighted by atomic mass is 32.2. The molecule has 4 aromatic rings. The number of halogens is 1. The van der Waals surface area contributed by atoms with E-state index < -0.39 is 15.8 Å². The quantitative estimate of drug-likeness (QED) is 0.467. The van der Waals surface area contributed by atoms with Crippen molar-refractivity contribution in [2.75, 3.05) is 11.8 Å². The molecule has 158 valence electrons. The van der Waals surface area contributed by atoms with E-state index in [9.17, 15) is 12.8 Å². The van der Waals surface area contributed by atoms with Crippen molar-refractivity contribution < 1.29 is 22.3 Å². The van der Waals surface area contributed by atoms with Crippen LogP contribution in [-0.4, -0.2) is 30.1 Å². The van der Waals surface area contributed by atoms with Crippen molar-refractivity contribution >= 4 is 15.7 Å². The van der Waals surface area contributed by atoms with Gasteiger partial charge in [0, 0.05) is 24.1 Å². The summed E-state index contributed by atoms with van der Waals surface area (Å²) in [7, 11) is -2.75. The van der Waals surface area contributed by atoms with Crippen molar-refractivity contribution in [1.29, 1.82) is 0 Å².